The normalized spacial score (nSPS) is 17.6. The lowest BCUT2D eigenvalue weighted by Gasteiger charge is -2.31. The van der Waals surface area contributed by atoms with E-state index in [4.69, 9.17) is 5.14 Å². The molecular weight excluding hydrogens is 266 g/mol. The number of rotatable bonds is 4. The number of hydrogen-bond acceptors (Lipinski definition) is 4. The maximum Gasteiger partial charge on any atom is 0.238 e. The van der Waals surface area contributed by atoms with Gasteiger partial charge in [0.1, 0.15) is 0 Å². The Hall–Kier alpha value is -1.44. The molecule has 1 amide bonds. The first-order valence-corrected chi connectivity index (χ1v) is 7.57. The summed E-state index contributed by atoms with van der Waals surface area (Å²) in [6.07, 6.45) is 0. The fraction of sp³-hybridized carbons (Fsp3) is 0.417. The highest BCUT2D eigenvalue weighted by atomic mass is 32.2. The van der Waals surface area contributed by atoms with Crippen LogP contribution in [0, 0.1) is 11.8 Å². The lowest BCUT2D eigenvalue weighted by Crippen LogP contribution is -2.48. The van der Waals surface area contributed by atoms with Gasteiger partial charge in [0, 0.05) is 11.6 Å². The summed E-state index contributed by atoms with van der Waals surface area (Å²) in [6, 6.07) is 5.94. The molecule has 0 aromatic heterocycles. The molecule has 1 fully saturated rings. The van der Waals surface area contributed by atoms with Gasteiger partial charge >= 0.3 is 0 Å². The minimum Gasteiger partial charge on any atom is -0.326 e. The second-order valence-electron chi connectivity index (χ2n) is 4.77. The largest absolute Gasteiger partial charge is 0.326 e. The molecule has 104 valence electrons. The molecule has 1 aromatic carbocycles. The molecule has 0 bridgehead atoms. The van der Waals surface area contributed by atoms with Crippen LogP contribution in [0.4, 0.5) is 5.69 Å². The number of sulfonamides is 1. The smallest absolute Gasteiger partial charge is 0.238 e. The van der Waals surface area contributed by atoms with Gasteiger partial charge in [-0.15, -0.1) is 0 Å². The first-order chi connectivity index (χ1) is 8.88. The standard InChI is InChI=1S/C12H17N3O3S/c1-8(9-6-14-7-9)12(16)15-10-3-2-4-11(5-10)19(13,17)18/h2-5,8-9,14H,6-7H2,1H3,(H,15,16)(H2,13,17,18). The van der Waals surface area contributed by atoms with Gasteiger partial charge in [-0.1, -0.05) is 13.0 Å². The molecule has 7 heteroatoms. The molecule has 19 heavy (non-hydrogen) atoms. The molecule has 1 atom stereocenters. The maximum atomic E-state index is 12.0. The molecule has 0 saturated carbocycles. The van der Waals surface area contributed by atoms with Crippen LogP contribution in [0.3, 0.4) is 0 Å². The Morgan fingerprint density at radius 1 is 1.47 bits per heavy atom. The number of carbonyl (C=O) groups is 1. The molecule has 1 saturated heterocycles. The van der Waals surface area contributed by atoms with Crippen molar-refractivity contribution in [2.45, 2.75) is 11.8 Å². The third-order valence-electron chi connectivity index (χ3n) is 3.36. The van der Waals surface area contributed by atoms with Gasteiger partial charge in [0.15, 0.2) is 0 Å². The SMILES string of the molecule is CC(C(=O)Nc1cccc(S(N)(=O)=O)c1)C1CNC1. The van der Waals surface area contributed by atoms with Crippen LogP contribution >= 0.6 is 0 Å². The van der Waals surface area contributed by atoms with Crippen LogP contribution in [0.5, 0.6) is 0 Å². The highest BCUT2D eigenvalue weighted by molar-refractivity contribution is 7.89. The summed E-state index contributed by atoms with van der Waals surface area (Å²) in [5.41, 5.74) is 0.440. The molecule has 0 spiro atoms. The molecule has 1 heterocycles. The van der Waals surface area contributed by atoms with E-state index in [0.29, 0.717) is 11.6 Å². The van der Waals surface area contributed by atoms with Gasteiger partial charge in [0.05, 0.1) is 4.90 Å². The van der Waals surface area contributed by atoms with Gasteiger partial charge in [-0.2, -0.15) is 0 Å². The van der Waals surface area contributed by atoms with Crippen molar-refractivity contribution in [1.82, 2.24) is 5.32 Å². The lowest BCUT2D eigenvalue weighted by molar-refractivity contribution is -0.121. The number of hydrogen-bond donors (Lipinski definition) is 3. The molecule has 4 N–H and O–H groups in total. The topological polar surface area (TPSA) is 101 Å². The summed E-state index contributed by atoms with van der Waals surface area (Å²) in [6.45, 7) is 3.54. The first-order valence-electron chi connectivity index (χ1n) is 6.02. The van der Waals surface area contributed by atoms with Gasteiger partial charge in [-0.3, -0.25) is 4.79 Å². The average Bonchev–Trinajstić information content (AvgIpc) is 2.25. The van der Waals surface area contributed by atoms with Crippen LogP contribution in [-0.2, 0) is 14.8 Å². The van der Waals surface area contributed by atoms with Gasteiger partial charge in [-0.25, -0.2) is 13.6 Å². The van der Waals surface area contributed by atoms with Crippen LogP contribution in [0.2, 0.25) is 0 Å². The van der Waals surface area contributed by atoms with Crippen LogP contribution in [0.25, 0.3) is 0 Å². The van der Waals surface area contributed by atoms with Gasteiger partial charge in [-0.05, 0) is 37.2 Å². The number of nitrogens with two attached hydrogens (primary N) is 1. The first kappa shape index (κ1) is 14.0. The van der Waals surface area contributed by atoms with Crippen molar-refractivity contribution < 1.29 is 13.2 Å². The highest BCUT2D eigenvalue weighted by Crippen LogP contribution is 2.19. The summed E-state index contributed by atoms with van der Waals surface area (Å²) in [5, 5.41) is 10.9. The predicted molar refractivity (Wildman–Crippen MR) is 72.0 cm³/mol. The number of anilines is 1. The number of amides is 1. The predicted octanol–water partition coefficient (Wildman–Crippen LogP) is 0.128. The van der Waals surface area contributed by atoms with Gasteiger partial charge < -0.3 is 10.6 Å². The molecule has 1 unspecified atom stereocenters. The molecule has 1 aromatic rings. The van der Waals surface area contributed by atoms with E-state index in [9.17, 15) is 13.2 Å². The Morgan fingerprint density at radius 2 is 2.16 bits per heavy atom. The number of carbonyl (C=O) groups excluding carboxylic acids is 1. The zero-order valence-electron chi connectivity index (χ0n) is 10.6. The van der Waals surface area contributed by atoms with Crippen molar-refractivity contribution in [3.05, 3.63) is 24.3 Å². The van der Waals surface area contributed by atoms with Crippen LogP contribution in [0.15, 0.2) is 29.2 Å². The molecule has 6 nitrogen and oxygen atoms in total. The minimum absolute atomic E-state index is 0.0109. The fourth-order valence-electron chi connectivity index (χ4n) is 1.89. The second-order valence-corrected chi connectivity index (χ2v) is 6.33. The Bertz CT molecular complexity index is 582. The van der Waals surface area contributed by atoms with Crippen molar-refractivity contribution in [3.8, 4) is 0 Å². The highest BCUT2D eigenvalue weighted by Gasteiger charge is 2.28. The van der Waals surface area contributed by atoms with Crippen molar-refractivity contribution in [2.75, 3.05) is 18.4 Å². The third kappa shape index (κ3) is 3.31. The number of nitrogens with one attached hydrogen (secondary N) is 2. The van der Waals surface area contributed by atoms with E-state index in [0.717, 1.165) is 13.1 Å². The summed E-state index contributed by atoms with van der Waals surface area (Å²) in [5.74, 6) is 0.110. The summed E-state index contributed by atoms with van der Waals surface area (Å²) in [7, 11) is -3.75. The Labute approximate surface area is 112 Å². The quantitative estimate of drug-likeness (QED) is 0.731. The van der Waals surface area contributed by atoms with Crippen molar-refractivity contribution >= 4 is 21.6 Å². The third-order valence-corrected chi connectivity index (χ3v) is 4.27. The average molecular weight is 283 g/mol. The van der Waals surface area contributed by atoms with Gasteiger partial charge in [0.2, 0.25) is 15.9 Å². The summed E-state index contributed by atoms with van der Waals surface area (Å²) in [4.78, 5) is 12.0. The molecule has 1 aliphatic rings. The number of benzene rings is 1. The van der Waals surface area contributed by atoms with Crippen molar-refractivity contribution in [3.63, 3.8) is 0 Å². The number of primary sulfonamides is 1. The lowest BCUT2D eigenvalue weighted by atomic mass is 9.88. The monoisotopic (exact) mass is 283 g/mol. The van der Waals surface area contributed by atoms with Gasteiger partial charge in [0.25, 0.3) is 0 Å². The van der Waals surface area contributed by atoms with Crippen LogP contribution in [-0.4, -0.2) is 27.4 Å². The maximum absolute atomic E-state index is 12.0. The minimum atomic E-state index is -3.75. The summed E-state index contributed by atoms with van der Waals surface area (Å²) >= 11 is 0. The molecule has 2 rings (SSSR count). The summed E-state index contributed by atoms with van der Waals surface area (Å²) < 4.78 is 22.5. The molecule has 0 aliphatic carbocycles. The Morgan fingerprint density at radius 3 is 2.68 bits per heavy atom. The van der Waals surface area contributed by atoms with E-state index >= 15 is 0 Å². The van der Waals surface area contributed by atoms with E-state index in [2.05, 4.69) is 10.6 Å². The van der Waals surface area contributed by atoms with Crippen molar-refractivity contribution in [2.24, 2.45) is 17.0 Å². The zero-order valence-corrected chi connectivity index (χ0v) is 11.4. The fourth-order valence-corrected chi connectivity index (χ4v) is 2.45. The van der Waals surface area contributed by atoms with E-state index in [1.54, 1.807) is 12.1 Å². The Kier molecular flexibility index (Phi) is 3.88. The zero-order chi connectivity index (χ0) is 14.0. The van der Waals surface area contributed by atoms with Crippen LogP contribution in [0.1, 0.15) is 6.92 Å². The van der Waals surface area contributed by atoms with E-state index in [1.165, 1.54) is 12.1 Å². The van der Waals surface area contributed by atoms with Crippen molar-refractivity contribution in [1.29, 1.82) is 0 Å². The van der Waals surface area contributed by atoms with E-state index < -0.39 is 10.0 Å². The molecular formula is C12H17N3O3S. The molecule has 0 radical (unpaired) electrons. The van der Waals surface area contributed by atoms with E-state index in [-0.39, 0.29) is 16.7 Å². The second kappa shape index (κ2) is 5.28. The van der Waals surface area contributed by atoms with Crippen LogP contribution < -0.4 is 15.8 Å². The Balaban J connectivity index is 2.08. The molecule has 1 aliphatic heterocycles. The van der Waals surface area contributed by atoms with E-state index in [1.807, 2.05) is 6.92 Å².